The first-order chi connectivity index (χ1) is 10.8. The molecule has 0 saturated heterocycles. The number of anilines is 4. The van der Waals surface area contributed by atoms with Crippen molar-refractivity contribution in [2.75, 3.05) is 16.4 Å². The quantitative estimate of drug-likeness (QED) is 0.803. The fraction of sp³-hybridized carbons (Fsp3) is 0.214. The van der Waals surface area contributed by atoms with Gasteiger partial charge in [0.25, 0.3) is 0 Å². The molecule has 1 aromatic carbocycles. The molecule has 0 radical (unpaired) electrons. The number of para-hydroxylation sites is 2. The van der Waals surface area contributed by atoms with Crippen LogP contribution >= 0.6 is 0 Å². The summed E-state index contributed by atoms with van der Waals surface area (Å²) in [6, 6.07) is 6.34. The molecule has 0 spiro atoms. The van der Waals surface area contributed by atoms with E-state index < -0.39 is 17.6 Å². The average molecular weight is 325 g/mol. The van der Waals surface area contributed by atoms with Gasteiger partial charge in [0.05, 0.1) is 11.4 Å². The minimum atomic E-state index is -4.64. The number of nitrogens with zero attached hydrogens (tertiary/aromatic N) is 2. The Morgan fingerprint density at radius 1 is 1.26 bits per heavy atom. The molecule has 9 heteroatoms. The van der Waals surface area contributed by atoms with Crippen molar-refractivity contribution < 1.29 is 18.0 Å². The molecule has 0 unspecified atom stereocenters. The van der Waals surface area contributed by atoms with Crippen molar-refractivity contribution in [2.24, 2.45) is 0 Å². The maximum Gasteiger partial charge on any atom is 0.421 e. The molecule has 0 aliphatic carbocycles. The molecule has 23 heavy (non-hydrogen) atoms. The van der Waals surface area contributed by atoms with Crippen LogP contribution in [0.25, 0.3) is 0 Å². The van der Waals surface area contributed by atoms with Crippen LogP contribution < -0.4 is 16.4 Å². The molecule has 4 N–H and O–H groups in total. The predicted octanol–water partition coefficient (Wildman–Crippen LogP) is 3.17. The summed E-state index contributed by atoms with van der Waals surface area (Å²) >= 11 is 0. The van der Waals surface area contributed by atoms with Crippen LogP contribution in [0.15, 0.2) is 30.5 Å². The number of benzene rings is 1. The van der Waals surface area contributed by atoms with Gasteiger partial charge in [0, 0.05) is 12.6 Å². The Labute approximate surface area is 129 Å². The normalized spacial score (nSPS) is 11.1. The maximum atomic E-state index is 13.0. The third-order valence-electron chi connectivity index (χ3n) is 2.89. The Hall–Kier alpha value is -2.84. The first-order valence-corrected chi connectivity index (χ1v) is 6.67. The van der Waals surface area contributed by atoms with E-state index in [1.54, 1.807) is 25.1 Å². The first kappa shape index (κ1) is 16.5. The molecule has 1 heterocycles. The van der Waals surface area contributed by atoms with Gasteiger partial charge in [-0.15, -0.1) is 0 Å². The number of alkyl halides is 3. The highest BCUT2D eigenvalue weighted by atomic mass is 19.4. The lowest BCUT2D eigenvalue weighted by Crippen LogP contribution is -2.14. The van der Waals surface area contributed by atoms with E-state index in [9.17, 15) is 18.0 Å². The zero-order valence-electron chi connectivity index (χ0n) is 12.1. The molecule has 0 aliphatic heterocycles. The van der Waals surface area contributed by atoms with Crippen LogP contribution in [0.5, 0.6) is 0 Å². The van der Waals surface area contributed by atoms with Crippen LogP contribution in [0.1, 0.15) is 18.9 Å². The van der Waals surface area contributed by atoms with Crippen molar-refractivity contribution in [1.29, 1.82) is 0 Å². The van der Waals surface area contributed by atoms with Gasteiger partial charge in [0.1, 0.15) is 11.4 Å². The van der Waals surface area contributed by atoms with E-state index in [2.05, 4.69) is 20.6 Å². The highest BCUT2D eigenvalue weighted by Gasteiger charge is 2.35. The van der Waals surface area contributed by atoms with Crippen LogP contribution in [0, 0.1) is 0 Å². The molecule has 2 aromatic rings. The van der Waals surface area contributed by atoms with E-state index >= 15 is 0 Å². The first-order valence-electron chi connectivity index (χ1n) is 6.67. The molecule has 0 saturated carbocycles. The second-order valence-corrected chi connectivity index (χ2v) is 4.56. The highest BCUT2D eigenvalue weighted by molar-refractivity contribution is 5.94. The molecule has 0 fully saturated rings. The second-order valence-electron chi connectivity index (χ2n) is 4.56. The lowest BCUT2D eigenvalue weighted by atomic mass is 10.2. The molecular weight excluding hydrogens is 311 g/mol. The van der Waals surface area contributed by atoms with Crippen molar-refractivity contribution in [3.05, 3.63) is 36.0 Å². The second kappa shape index (κ2) is 6.51. The molecule has 0 aliphatic rings. The van der Waals surface area contributed by atoms with Crippen LogP contribution in [0.2, 0.25) is 0 Å². The standard InChI is InChI=1S/C14H14F3N5O/c1-2-11(23)20-9-5-3-4-6-10(9)21-12-8(14(15,16)17)7-19-13(18)22-12/h3-7H,2H2,1H3,(H,20,23)(H3,18,19,21,22). The Balaban J connectivity index is 2.40. The van der Waals surface area contributed by atoms with E-state index in [1.807, 2.05) is 0 Å². The van der Waals surface area contributed by atoms with Gasteiger partial charge in [-0.05, 0) is 12.1 Å². The summed E-state index contributed by atoms with van der Waals surface area (Å²) in [4.78, 5) is 18.5. The predicted molar refractivity (Wildman–Crippen MR) is 80.1 cm³/mol. The van der Waals surface area contributed by atoms with Gasteiger partial charge >= 0.3 is 6.18 Å². The third kappa shape index (κ3) is 4.09. The number of rotatable bonds is 4. The molecule has 0 atom stereocenters. The largest absolute Gasteiger partial charge is 0.421 e. The number of nitrogens with two attached hydrogens (primary N) is 1. The minimum absolute atomic E-state index is 0.239. The molecule has 2 rings (SSSR count). The number of aromatic nitrogens is 2. The lowest BCUT2D eigenvalue weighted by molar-refractivity contribution is -0.137. The highest BCUT2D eigenvalue weighted by Crippen LogP contribution is 2.36. The minimum Gasteiger partial charge on any atom is -0.368 e. The third-order valence-corrected chi connectivity index (χ3v) is 2.89. The zero-order valence-corrected chi connectivity index (χ0v) is 12.1. The van der Waals surface area contributed by atoms with Crippen molar-refractivity contribution in [1.82, 2.24) is 9.97 Å². The number of nitrogens with one attached hydrogen (secondary N) is 2. The van der Waals surface area contributed by atoms with Gasteiger partial charge in [-0.3, -0.25) is 4.79 Å². The summed E-state index contributed by atoms with van der Waals surface area (Å²) in [6.45, 7) is 1.66. The van der Waals surface area contributed by atoms with Crippen molar-refractivity contribution in [3.8, 4) is 0 Å². The Kier molecular flexibility index (Phi) is 4.68. The maximum absolute atomic E-state index is 13.0. The van der Waals surface area contributed by atoms with E-state index in [-0.39, 0.29) is 24.0 Å². The zero-order chi connectivity index (χ0) is 17.0. The van der Waals surface area contributed by atoms with Crippen molar-refractivity contribution >= 4 is 29.0 Å². The van der Waals surface area contributed by atoms with Gasteiger partial charge in [-0.25, -0.2) is 4.98 Å². The Morgan fingerprint density at radius 3 is 2.52 bits per heavy atom. The lowest BCUT2D eigenvalue weighted by Gasteiger charge is -2.16. The van der Waals surface area contributed by atoms with Crippen LogP contribution in [-0.4, -0.2) is 15.9 Å². The summed E-state index contributed by atoms with van der Waals surface area (Å²) < 4.78 is 39.1. The van der Waals surface area contributed by atoms with Gasteiger partial charge in [-0.2, -0.15) is 18.2 Å². The van der Waals surface area contributed by atoms with Crippen molar-refractivity contribution in [3.63, 3.8) is 0 Å². The van der Waals surface area contributed by atoms with Gasteiger partial charge in [0.15, 0.2) is 0 Å². The topological polar surface area (TPSA) is 92.9 Å². The SMILES string of the molecule is CCC(=O)Nc1ccccc1Nc1nc(N)ncc1C(F)(F)F. The van der Waals surface area contributed by atoms with Gasteiger partial charge in [-0.1, -0.05) is 19.1 Å². The number of amides is 1. The number of nitrogen functional groups attached to an aromatic ring is 1. The Bertz CT molecular complexity index is 718. The Morgan fingerprint density at radius 2 is 1.91 bits per heavy atom. The molecule has 1 aromatic heterocycles. The molecular formula is C14H14F3N5O. The van der Waals surface area contributed by atoms with Crippen molar-refractivity contribution in [2.45, 2.75) is 19.5 Å². The average Bonchev–Trinajstić information content (AvgIpc) is 2.48. The van der Waals surface area contributed by atoms with Crippen LogP contribution in [0.4, 0.5) is 36.3 Å². The molecule has 1 amide bonds. The van der Waals surface area contributed by atoms with Gasteiger partial charge < -0.3 is 16.4 Å². The van der Waals surface area contributed by atoms with Crippen LogP contribution in [0.3, 0.4) is 0 Å². The molecule has 6 nitrogen and oxygen atoms in total. The number of carbonyl (C=O) groups is 1. The van der Waals surface area contributed by atoms with E-state index in [0.29, 0.717) is 11.9 Å². The van der Waals surface area contributed by atoms with Crippen LogP contribution in [-0.2, 0) is 11.0 Å². The van der Waals surface area contributed by atoms with E-state index in [0.717, 1.165) is 0 Å². The molecule has 122 valence electrons. The van der Waals surface area contributed by atoms with E-state index in [4.69, 9.17) is 5.73 Å². The number of halogens is 3. The smallest absolute Gasteiger partial charge is 0.368 e. The number of carbonyl (C=O) groups excluding carboxylic acids is 1. The fourth-order valence-electron chi connectivity index (χ4n) is 1.77. The summed E-state index contributed by atoms with van der Waals surface area (Å²) in [5, 5.41) is 5.15. The summed E-state index contributed by atoms with van der Waals surface area (Å²) in [5.74, 6) is -1.05. The summed E-state index contributed by atoms with van der Waals surface area (Å²) in [5.41, 5.74) is 4.91. The van der Waals surface area contributed by atoms with Gasteiger partial charge in [0.2, 0.25) is 11.9 Å². The molecule has 0 bridgehead atoms. The summed E-state index contributed by atoms with van der Waals surface area (Å²) in [7, 11) is 0. The fourth-order valence-corrected chi connectivity index (χ4v) is 1.77. The number of hydrogen-bond acceptors (Lipinski definition) is 5. The monoisotopic (exact) mass is 325 g/mol. The number of hydrogen-bond donors (Lipinski definition) is 3. The summed E-state index contributed by atoms with van der Waals surface area (Å²) in [6.07, 6.45) is -3.79. The van der Waals surface area contributed by atoms with E-state index in [1.165, 1.54) is 6.07 Å².